The number of hydrogen-bond donors (Lipinski definition) is 1. The van der Waals surface area contributed by atoms with Gasteiger partial charge in [0.05, 0.1) is 5.69 Å². The van der Waals surface area contributed by atoms with Gasteiger partial charge >= 0.3 is 0 Å². The van der Waals surface area contributed by atoms with Crippen molar-refractivity contribution in [3.63, 3.8) is 0 Å². The largest absolute Gasteiger partial charge is 0.353 e. The summed E-state index contributed by atoms with van der Waals surface area (Å²) in [5.74, 6) is 1.30. The third kappa shape index (κ3) is 8.70. The van der Waals surface area contributed by atoms with Gasteiger partial charge < -0.3 is 9.47 Å². The molecule has 7 heteroatoms. The maximum atomic E-state index is 5.50. The van der Waals surface area contributed by atoms with Crippen molar-refractivity contribution in [1.29, 1.82) is 0 Å². The number of aryl methyl sites for hydroxylation is 1. The molecule has 0 saturated carbocycles. The maximum Gasteiger partial charge on any atom is 0.159 e. The predicted molar refractivity (Wildman–Crippen MR) is 92.9 cm³/mol. The highest BCUT2D eigenvalue weighted by Gasteiger charge is 2.12. The number of nitrogens with zero attached hydrogens (tertiary/aromatic N) is 3. The number of thiol groups is 1. The van der Waals surface area contributed by atoms with E-state index >= 15 is 0 Å². The third-order valence-electron chi connectivity index (χ3n) is 2.68. The molecule has 0 aromatic carbocycles. The number of hydrogen-bond acceptors (Lipinski definition) is 6. The first-order chi connectivity index (χ1) is 10.2. The van der Waals surface area contributed by atoms with Gasteiger partial charge in [-0.05, 0) is 13.8 Å². The van der Waals surface area contributed by atoms with Crippen molar-refractivity contribution in [3.8, 4) is 0 Å². The van der Waals surface area contributed by atoms with Crippen LogP contribution < -0.4 is 0 Å². The highest BCUT2D eigenvalue weighted by molar-refractivity contribution is 8.68. The van der Waals surface area contributed by atoms with Gasteiger partial charge in [0.1, 0.15) is 0 Å². The lowest BCUT2D eigenvalue weighted by Gasteiger charge is -2.16. The second-order valence-corrected chi connectivity index (χ2v) is 5.60. The van der Waals surface area contributed by atoms with Crippen molar-refractivity contribution < 1.29 is 9.47 Å². The summed E-state index contributed by atoms with van der Waals surface area (Å²) in [6, 6.07) is 0. The van der Waals surface area contributed by atoms with Crippen molar-refractivity contribution in [2.24, 2.45) is 0 Å². The van der Waals surface area contributed by atoms with E-state index in [-0.39, 0.29) is 6.29 Å². The molecule has 0 saturated heterocycles. The molecule has 124 valence electrons. The average molecular weight is 336 g/mol. The van der Waals surface area contributed by atoms with Crippen molar-refractivity contribution in [2.45, 2.75) is 59.8 Å². The van der Waals surface area contributed by atoms with Crippen LogP contribution in [0.15, 0.2) is 6.20 Å². The Bertz CT molecular complexity index is 345. The van der Waals surface area contributed by atoms with Gasteiger partial charge in [0, 0.05) is 44.0 Å². The lowest BCUT2D eigenvalue weighted by Crippen LogP contribution is -2.19. The molecule has 1 rings (SSSR count). The van der Waals surface area contributed by atoms with Crippen LogP contribution in [0.25, 0.3) is 0 Å². The monoisotopic (exact) mass is 335 g/mol. The SMILES string of the molecule is CC.CCOC(CCn1cc(C(C)CSS)nn1)OCC. The second-order valence-electron chi connectivity index (χ2n) is 4.23. The number of rotatable bonds is 10. The van der Waals surface area contributed by atoms with Gasteiger partial charge in [0.15, 0.2) is 6.29 Å². The van der Waals surface area contributed by atoms with Crippen LogP contribution in [-0.2, 0) is 16.0 Å². The van der Waals surface area contributed by atoms with Gasteiger partial charge in [-0.3, -0.25) is 4.68 Å². The first-order valence-corrected chi connectivity index (χ1v) is 9.64. The van der Waals surface area contributed by atoms with Gasteiger partial charge in [-0.1, -0.05) is 36.8 Å². The van der Waals surface area contributed by atoms with Gasteiger partial charge in [0.2, 0.25) is 0 Å². The van der Waals surface area contributed by atoms with E-state index in [0.29, 0.717) is 19.1 Å². The lowest BCUT2D eigenvalue weighted by molar-refractivity contribution is -0.141. The zero-order chi connectivity index (χ0) is 16.1. The van der Waals surface area contributed by atoms with E-state index in [0.717, 1.165) is 24.4 Å². The topological polar surface area (TPSA) is 49.2 Å². The minimum atomic E-state index is -0.159. The lowest BCUT2D eigenvalue weighted by atomic mass is 10.1. The van der Waals surface area contributed by atoms with E-state index < -0.39 is 0 Å². The van der Waals surface area contributed by atoms with Gasteiger partial charge in [-0.15, -0.1) is 16.8 Å². The Kier molecular flexibility index (Phi) is 13.3. The molecule has 5 nitrogen and oxygen atoms in total. The van der Waals surface area contributed by atoms with Crippen LogP contribution in [0.1, 0.15) is 52.7 Å². The van der Waals surface area contributed by atoms with E-state index in [2.05, 4.69) is 28.9 Å². The molecule has 1 heterocycles. The Balaban J connectivity index is 0.00000191. The van der Waals surface area contributed by atoms with Crippen LogP contribution in [0.4, 0.5) is 0 Å². The summed E-state index contributed by atoms with van der Waals surface area (Å²) in [4.78, 5) is 0. The van der Waals surface area contributed by atoms with Crippen molar-refractivity contribution >= 4 is 22.5 Å². The molecular weight excluding hydrogens is 306 g/mol. The molecule has 1 aromatic rings. The van der Waals surface area contributed by atoms with Crippen LogP contribution in [0, 0.1) is 0 Å². The molecule has 0 spiro atoms. The smallest absolute Gasteiger partial charge is 0.159 e. The van der Waals surface area contributed by atoms with Crippen molar-refractivity contribution in [3.05, 3.63) is 11.9 Å². The minimum absolute atomic E-state index is 0.159. The quantitative estimate of drug-likeness (QED) is 0.401. The summed E-state index contributed by atoms with van der Waals surface area (Å²) in [6.07, 6.45) is 2.61. The summed E-state index contributed by atoms with van der Waals surface area (Å²) in [7, 11) is 1.52. The minimum Gasteiger partial charge on any atom is -0.353 e. The van der Waals surface area contributed by atoms with Crippen LogP contribution in [-0.4, -0.2) is 40.3 Å². The summed E-state index contributed by atoms with van der Waals surface area (Å²) < 4.78 is 12.8. The molecular formula is C14H29N3O2S2. The molecule has 0 amide bonds. The molecule has 0 aliphatic carbocycles. The first kappa shape index (κ1) is 20.8. The van der Waals surface area contributed by atoms with Crippen LogP contribution >= 0.6 is 22.5 Å². The first-order valence-electron chi connectivity index (χ1n) is 7.60. The second kappa shape index (κ2) is 13.4. The van der Waals surface area contributed by atoms with Crippen LogP contribution in [0.2, 0.25) is 0 Å². The molecule has 21 heavy (non-hydrogen) atoms. The molecule has 0 aliphatic rings. The van der Waals surface area contributed by atoms with Crippen molar-refractivity contribution in [1.82, 2.24) is 15.0 Å². The Morgan fingerprint density at radius 2 is 1.90 bits per heavy atom. The highest BCUT2D eigenvalue weighted by Crippen LogP contribution is 2.19. The molecule has 1 aromatic heterocycles. The van der Waals surface area contributed by atoms with E-state index in [1.54, 1.807) is 0 Å². The average Bonchev–Trinajstić information content (AvgIpc) is 2.97. The highest BCUT2D eigenvalue weighted by atomic mass is 33.1. The Morgan fingerprint density at radius 3 is 2.43 bits per heavy atom. The molecule has 0 radical (unpaired) electrons. The van der Waals surface area contributed by atoms with E-state index in [1.807, 2.05) is 38.6 Å². The summed E-state index contributed by atoms with van der Waals surface area (Å²) in [5, 5.41) is 8.32. The van der Waals surface area contributed by atoms with Crippen LogP contribution in [0.5, 0.6) is 0 Å². The zero-order valence-corrected chi connectivity index (χ0v) is 15.5. The molecule has 0 N–H and O–H groups in total. The van der Waals surface area contributed by atoms with E-state index in [4.69, 9.17) is 9.47 Å². The fourth-order valence-electron chi connectivity index (χ4n) is 1.67. The molecule has 0 bridgehead atoms. The van der Waals surface area contributed by atoms with Gasteiger partial charge in [-0.2, -0.15) is 0 Å². The molecule has 1 unspecified atom stereocenters. The number of ether oxygens (including phenoxy) is 2. The number of aromatic nitrogens is 3. The molecule has 0 aliphatic heterocycles. The van der Waals surface area contributed by atoms with E-state index in [1.165, 1.54) is 10.8 Å². The third-order valence-corrected chi connectivity index (χ3v) is 3.78. The molecule has 0 fully saturated rings. The van der Waals surface area contributed by atoms with Gasteiger partial charge in [0.25, 0.3) is 0 Å². The van der Waals surface area contributed by atoms with Gasteiger partial charge in [-0.25, -0.2) is 0 Å². The van der Waals surface area contributed by atoms with Crippen molar-refractivity contribution in [2.75, 3.05) is 19.0 Å². The van der Waals surface area contributed by atoms with Crippen LogP contribution in [0.3, 0.4) is 0 Å². The summed E-state index contributed by atoms with van der Waals surface area (Å²) >= 11 is 4.16. The Morgan fingerprint density at radius 1 is 1.29 bits per heavy atom. The van der Waals surface area contributed by atoms with E-state index in [9.17, 15) is 0 Å². The summed E-state index contributed by atoms with van der Waals surface area (Å²) in [6.45, 7) is 12.1. The summed E-state index contributed by atoms with van der Waals surface area (Å²) in [5.41, 5.74) is 1.01. The standard InChI is InChI=1S/C12H23N3O2S2.C2H6/c1-4-16-12(17-5-2)6-7-15-8-11(13-14-15)10(3)9-19-18;1-2/h8,10,12,18H,4-7,9H2,1-3H3;1-2H3. The molecule has 1 atom stereocenters. The Labute approximate surface area is 138 Å². The predicted octanol–water partition coefficient (Wildman–Crippen LogP) is 3.78. The fraction of sp³-hybridized carbons (Fsp3) is 0.857. The zero-order valence-electron chi connectivity index (χ0n) is 13.8. The fourth-order valence-corrected chi connectivity index (χ4v) is 2.74. The Hall–Kier alpha value is -0.240. The maximum absolute atomic E-state index is 5.50. The normalized spacial score (nSPS) is 12.1.